The lowest BCUT2D eigenvalue weighted by Gasteiger charge is -2.33. The maximum Gasteiger partial charge on any atom is 0.231 e. The SMILES string of the molecule is COc1cccnc1N(C)C(=O)C1CC(C)OC(C)C1. The summed E-state index contributed by atoms with van der Waals surface area (Å²) in [4.78, 5) is 18.5. The zero-order chi connectivity index (χ0) is 14.7. The Hall–Kier alpha value is -1.62. The molecule has 0 radical (unpaired) electrons. The summed E-state index contributed by atoms with van der Waals surface area (Å²) in [7, 11) is 3.33. The quantitative estimate of drug-likeness (QED) is 0.851. The highest BCUT2D eigenvalue weighted by atomic mass is 16.5. The van der Waals surface area contributed by atoms with E-state index in [2.05, 4.69) is 4.98 Å². The predicted molar refractivity (Wildman–Crippen MR) is 76.9 cm³/mol. The average molecular weight is 278 g/mol. The van der Waals surface area contributed by atoms with E-state index in [1.165, 1.54) is 0 Å². The van der Waals surface area contributed by atoms with Gasteiger partial charge in [0.2, 0.25) is 5.91 Å². The first-order valence-corrected chi connectivity index (χ1v) is 6.95. The van der Waals surface area contributed by atoms with Crippen LogP contribution >= 0.6 is 0 Å². The fourth-order valence-corrected chi connectivity index (χ4v) is 2.78. The van der Waals surface area contributed by atoms with E-state index in [1.54, 1.807) is 37.4 Å². The highest BCUT2D eigenvalue weighted by Crippen LogP contribution is 2.30. The molecular weight excluding hydrogens is 256 g/mol. The minimum atomic E-state index is -0.0227. The Morgan fingerprint density at radius 2 is 2.05 bits per heavy atom. The molecule has 2 unspecified atom stereocenters. The second-order valence-corrected chi connectivity index (χ2v) is 5.35. The van der Waals surface area contributed by atoms with Gasteiger partial charge in [-0.2, -0.15) is 0 Å². The Morgan fingerprint density at radius 3 is 2.65 bits per heavy atom. The van der Waals surface area contributed by atoms with Crippen molar-refractivity contribution in [3.05, 3.63) is 18.3 Å². The largest absolute Gasteiger partial charge is 0.493 e. The number of ether oxygens (including phenoxy) is 2. The van der Waals surface area contributed by atoms with E-state index in [9.17, 15) is 4.79 Å². The van der Waals surface area contributed by atoms with Crippen LogP contribution in [-0.2, 0) is 9.53 Å². The summed E-state index contributed by atoms with van der Waals surface area (Å²) >= 11 is 0. The van der Waals surface area contributed by atoms with Crippen molar-refractivity contribution in [2.24, 2.45) is 5.92 Å². The highest BCUT2D eigenvalue weighted by molar-refractivity contribution is 5.94. The molecule has 2 heterocycles. The van der Waals surface area contributed by atoms with E-state index in [0.717, 1.165) is 12.8 Å². The van der Waals surface area contributed by atoms with Gasteiger partial charge < -0.3 is 9.47 Å². The molecule has 110 valence electrons. The molecule has 5 nitrogen and oxygen atoms in total. The minimum absolute atomic E-state index is 0.0227. The highest BCUT2D eigenvalue weighted by Gasteiger charge is 2.32. The van der Waals surface area contributed by atoms with Crippen LogP contribution in [0.5, 0.6) is 5.75 Å². The van der Waals surface area contributed by atoms with E-state index >= 15 is 0 Å². The Kier molecular flexibility index (Phi) is 4.60. The number of amides is 1. The number of anilines is 1. The van der Waals surface area contributed by atoms with Gasteiger partial charge in [-0.1, -0.05) is 0 Å². The number of hydrogen-bond donors (Lipinski definition) is 0. The maximum absolute atomic E-state index is 12.6. The molecule has 0 aromatic carbocycles. The van der Waals surface area contributed by atoms with Gasteiger partial charge in [0.15, 0.2) is 11.6 Å². The monoisotopic (exact) mass is 278 g/mol. The molecule has 0 N–H and O–H groups in total. The molecular formula is C15H22N2O3. The van der Waals surface area contributed by atoms with Crippen LogP contribution in [0, 0.1) is 5.92 Å². The van der Waals surface area contributed by atoms with Crippen LogP contribution in [0.25, 0.3) is 0 Å². The number of pyridine rings is 1. The van der Waals surface area contributed by atoms with Crippen LogP contribution in [0.4, 0.5) is 5.82 Å². The van der Waals surface area contributed by atoms with Crippen LogP contribution in [-0.4, -0.2) is 37.3 Å². The Morgan fingerprint density at radius 1 is 1.40 bits per heavy atom. The van der Waals surface area contributed by atoms with E-state index in [1.807, 2.05) is 13.8 Å². The summed E-state index contributed by atoms with van der Waals surface area (Å²) in [5, 5.41) is 0. The van der Waals surface area contributed by atoms with Crippen molar-refractivity contribution < 1.29 is 14.3 Å². The molecule has 0 aliphatic carbocycles. The van der Waals surface area contributed by atoms with E-state index in [4.69, 9.17) is 9.47 Å². The first-order valence-electron chi connectivity index (χ1n) is 6.95. The number of nitrogens with zero attached hydrogens (tertiary/aromatic N) is 2. The van der Waals surface area contributed by atoms with Crippen molar-refractivity contribution in [2.75, 3.05) is 19.1 Å². The number of carbonyl (C=O) groups excluding carboxylic acids is 1. The van der Waals surface area contributed by atoms with Gasteiger partial charge >= 0.3 is 0 Å². The van der Waals surface area contributed by atoms with Gasteiger partial charge in [0.05, 0.1) is 19.3 Å². The normalized spacial score (nSPS) is 26.1. The first-order chi connectivity index (χ1) is 9.52. The number of methoxy groups -OCH3 is 1. The van der Waals surface area contributed by atoms with Crippen LogP contribution < -0.4 is 9.64 Å². The molecule has 1 aliphatic rings. The molecule has 0 saturated carbocycles. The van der Waals surface area contributed by atoms with Gasteiger partial charge in [0, 0.05) is 19.2 Å². The summed E-state index contributed by atoms with van der Waals surface area (Å²) in [6, 6.07) is 3.60. The molecule has 1 aromatic rings. The standard InChI is InChI=1S/C15H22N2O3/c1-10-8-12(9-11(2)20-10)15(18)17(3)14-13(19-4)6-5-7-16-14/h5-7,10-12H,8-9H2,1-4H3. The fraction of sp³-hybridized carbons (Fsp3) is 0.600. The summed E-state index contributed by atoms with van der Waals surface area (Å²) in [6.07, 6.45) is 3.40. The fourth-order valence-electron chi connectivity index (χ4n) is 2.78. The lowest BCUT2D eigenvalue weighted by molar-refractivity contribution is -0.130. The van der Waals surface area contributed by atoms with Crippen LogP contribution in [0.2, 0.25) is 0 Å². The maximum atomic E-state index is 12.6. The van der Waals surface area contributed by atoms with Crippen LogP contribution in [0.1, 0.15) is 26.7 Å². The zero-order valence-corrected chi connectivity index (χ0v) is 12.5. The van der Waals surface area contributed by atoms with Gasteiger partial charge in [-0.15, -0.1) is 0 Å². The average Bonchev–Trinajstić information content (AvgIpc) is 2.44. The van der Waals surface area contributed by atoms with Crippen molar-refractivity contribution in [2.45, 2.75) is 38.9 Å². The number of rotatable bonds is 3. The second kappa shape index (κ2) is 6.22. The summed E-state index contributed by atoms with van der Waals surface area (Å²) < 4.78 is 11.0. The number of carbonyl (C=O) groups is 1. The molecule has 2 atom stereocenters. The van der Waals surface area contributed by atoms with Gasteiger partial charge in [-0.05, 0) is 38.8 Å². The van der Waals surface area contributed by atoms with Gasteiger partial charge in [0.25, 0.3) is 0 Å². The lowest BCUT2D eigenvalue weighted by Crippen LogP contribution is -2.40. The molecule has 0 bridgehead atoms. The Labute approximate surface area is 119 Å². The van der Waals surface area contributed by atoms with Crippen molar-refractivity contribution in [3.8, 4) is 5.75 Å². The predicted octanol–water partition coefficient (Wildman–Crippen LogP) is 2.26. The number of aromatic nitrogens is 1. The lowest BCUT2D eigenvalue weighted by atomic mass is 9.91. The van der Waals surface area contributed by atoms with E-state index in [-0.39, 0.29) is 24.0 Å². The van der Waals surface area contributed by atoms with E-state index < -0.39 is 0 Å². The third-order valence-electron chi connectivity index (χ3n) is 3.67. The Balaban J connectivity index is 2.15. The molecule has 1 aliphatic heterocycles. The third kappa shape index (κ3) is 3.10. The Bertz CT molecular complexity index is 468. The van der Waals surface area contributed by atoms with Crippen molar-refractivity contribution in [1.29, 1.82) is 0 Å². The topological polar surface area (TPSA) is 51.7 Å². The molecule has 20 heavy (non-hydrogen) atoms. The smallest absolute Gasteiger partial charge is 0.231 e. The summed E-state index contributed by atoms with van der Waals surface area (Å²) in [6.45, 7) is 4.02. The summed E-state index contributed by atoms with van der Waals surface area (Å²) in [5.74, 6) is 1.22. The molecule has 1 saturated heterocycles. The first kappa shape index (κ1) is 14.8. The minimum Gasteiger partial charge on any atom is -0.493 e. The molecule has 1 amide bonds. The van der Waals surface area contributed by atoms with Crippen molar-refractivity contribution >= 4 is 11.7 Å². The number of hydrogen-bond acceptors (Lipinski definition) is 4. The second-order valence-electron chi connectivity index (χ2n) is 5.35. The molecule has 1 aromatic heterocycles. The van der Waals surface area contributed by atoms with Gasteiger partial charge in [-0.3, -0.25) is 9.69 Å². The van der Waals surface area contributed by atoms with Crippen LogP contribution in [0.3, 0.4) is 0 Å². The molecule has 2 rings (SSSR count). The molecule has 5 heteroatoms. The van der Waals surface area contributed by atoms with E-state index in [0.29, 0.717) is 11.6 Å². The molecule has 1 fully saturated rings. The third-order valence-corrected chi connectivity index (χ3v) is 3.67. The van der Waals surface area contributed by atoms with Gasteiger partial charge in [0.1, 0.15) is 0 Å². The van der Waals surface area contributed by atoms with Gasteiger partial charge in [-0.25, -0.2) is 4.98 Å². The summed E-state index contributed by atoms with van der Waals surface area (Å²) in [5.41, 5.74) is 0. The van der Waals surface area contributed by atoms with Crippen molar-refractivity contribution in [1.82, 2.24) is 4.98 Å². The zero-order valence-electron chi connectivity index (χ0n) is 12.5. The van der Waals surface area contributed by atoms with Crippen molar-refractivity contribution in [3.63, 3.8) is 0 Å². The van der Waals surface area contributed by atoms with Crippen LogP contribution in [0.15, 0.2) is 18.3 Å². The molecule has 0 spiro atoms.